The molecule has 0 spiro atoms. The molecule has 0 fully saturated rings. The molecule has 1 aromatic carbocycles. The van der Waals surface area contributed by atoms with Crippen LogP contribution in [0.15, 0.2) is 24.3 Å². The summed E-state index contributed by atoms with van der Waals surface area (Å²) in [4.78, 5) is 0. The lowest BCUT2D eigenvalue weighted by molar-refractivity contribution is 0.569. The number of unbranched alkanes of at least 4 members (excludes halogenated alkanes) is 1. The quantitative estimate of drug-likeness (QED) is 0.749. The second-order valence-electron chi connectivity index (χ2n) is 5.08. The number of benzene rings is 1. The maximum atomic E-state index is 12.1. The highest BCUT2D eigenvalue weighted by Gasteiger charge is 2.13. The molecule has 2 nitrogen and oxygen atoms in total. The lowest BCUT2D eigenvalue weighted by Crippen LogP contribution is -2.27. The predicted octanol–water partition coefficient (Wildman–Crippen LogP) is 3.58. The molecule has 0 saturated heterocycles. The monoisotopic (exact) mass is 281 g/mol. The third-order valence-corrected chi connectivity index (χ3v) is 4.65. The molecule has 3 heteroatoms. The molecule has 2 atom stereocenters. The molecule has 108 valence electrons. The smallest absolute Gasteiger partial charge is 0.0436 e. The third-order valence-electron chi connectivity index (χ3n) is 3.20. The summed E-state index contributed by atoms with van der Waals surface area (Å²) in [5, 5.41) is 3.52. The van der Waals surface area contributed by atoms with Gasteiger partial charge >= 0.3 is 0 Å². The van der Waals surface area contributed by atoms with Gasteiger partial charge in [-0.15, -0.1) is 0 Å². The van der Waals surface area contributed by atoms with Crippen molar-refractivity contribution in [2.75, 3.05) is 18.1 Å². The highest BCUT2D eigenvalue weighted by atomic mass is 32.2. The zero-order chi connectivity index (χ0) is 14.1. The summed E-state index contributed by atoms with van der Waals surface area (Å²) in [5.74, 6) is 1.55. The van der Waals surface area contributed by atoms with E-state index in [-0.39, 0.29) is 6.04 Å². The van der Waals surface area contributed by atoms with Gasteiger partial charge in [0.1, 0.15) is 0 Å². The Labute approximate surface area is 120 Å². The van der Waals surface area contributed by atoms with Crippen molar-refractivity contribution in [1.29, 1.82) is 0 Å². The van der Waals surface area contributed by atoms with Crippen LogP contribution >= 0.6 is 0 Å². The first-order valence-corrected chi connectivity index (χ1v) is 8.81. The molecule has 1 N–H and O–H groups in total. The van der Waals surface area contributed by atoms with Crippen LogP contribution in [0.2, 0.25) is 0 Å². The number of aryl methyl sites for hydroxylation is 1. The van der Waals surface area contributed by atoms with Crippen LogP contribution in [0.1, 0.15) is 50.3 Å². The SMILES string of the molecule is CCCCS(=O)CC(NCCC)c1ccc(C)cc1. The largest absolute Gasteiger partial charge is 0.309 e. The van der Waals surface area contributed by atoms with Gasteiger partial charge in [-0.25, -0.2) is 0 Å². The Balaban J connectivity index is 2.65. The van der Waals surface area contributed by atoms with E-state index >= 15 is 0 Å². The van der Waals surface area contributed by atoms with Crippen molar-refractivity contribution in [2.24, 2.45) is 0 Å². The summed E-state index contributed by atoms with van der Waals surface area (Å²) in [6, 6.07) is 8.79. The number of hydrogen-bond acceptors (Lipinski definition) is 2. The molecule has 0 aliphatic carbocycles. The molecule has 0 bridgehead atoms. The van der Waals surface area contributed by atoms with Gasteiger partial charge < -0.3 is 5.32 Å². The van der Waals surface area contributed by atoms with Crippen molar-refractivity contribution in [3.8, 4) is 0 Å². The summed E-state index contributed by atoms with van der Waals surface area (Å²) in [5.41, 5.74) is 2.52. The van der Waals surface area contributed by atoms with Gasteiger partial charge in [-0.1, -0.05) is 50.1 Å². The summed E-state index contributed by atoms with van der Waals surface area (Å²) in [7, 11) is -0.722. The van der Waals surface area contributed by atoms with Gasteiger partial charge in [0.15, 0.2) is 0 Å². The van der Waals surface area contributed by atoms with Crippen molar-refractivity contribution in [1.82, 2.24) is 5.32 Å². The number of rotatable bonds is 9. The van der Waals surface area contributed by atoms with Crippen LogP contribution in [0.25, 0.3) is 0 Å². The minimum atomic E-state index is -0.722. The Bertz CT molecular complexity index is 375. The van der Waals surface area contributed by atoms with E-state index in [0.717, 1.165) is 37.3 Å². The van der Waals surface area contributed by atoms with E-state index in [9.17, 15) is 4.21 Å². The van der Waals surface area contributed by atoms with E-state index < -0.39 is 10.8 Å². The average molecular weight is 281 g/mol. The van der Waals surface area contributed by atoms with Crippen LogP contribution in [0.4, 0.5) is 0 Å². The molecule has 19 heavy (non-hydrogen) atoms. The minimum Gasteiger partial charge on any atom is -0.309 e. The number of nitrogens with one attached hydrogen (secondary N) is 1. The van der Waals surface area contributed by atoms with Crippen LogP contribution in [0, 0.1) is 6.92 Å². The normalized spacial score (nSPS) is 14.3. The van der Waals surface area contributed by atoms with Crippen molar-refractivity contribution < 1.29 is 4.21 Å². The standard InChI is InChI=1S/C16H27NOS/c1-4-6-12-19(18)13-16(17-11-5-2)15-9-7-14(3)8-10-15/h7-10,16-17H,4-6,11-13H2,1-3H3. The van der Waals surface area contributed by atoms with Crippen molar-refractivity contribution in [3.63, 3.8) is 0 Å². The predicted molar refractivity (Wildman–Crippen MR) is 85.0 cm³/mol. The highest BCUT2D eigenvalue weighted by Crippen LogP contribution is 2.16. The molecule has 2 unspecified atom stereocenters. The molecular formula is C16H27NOS. The summed E-state index contributed by atoms with van der Waals surface area (Å²) >= 11 is 0. The third kappa shape index (κ3) is 6.35. The van der Waals surface area contributed by atoms with Crippen molar-refractivity contribution in [3.05, 3.63) is 35.4 Å². The van der Waals surface area contributed by atoms with Crippen molar-refractivity contribution in [2.45, 2.75) is 46.1 Å². The zero-order valence-electron chi connectivity index (χ0n) is 12.4. The second-order valence-corrected chi connectivity index (χ2v) is 6.70. The summed E-state index contributed by atoms with van der Waals surface area (Å²) < 4.78 is 12.1. The van der Waals surface area contributed by atoms with Gasteiger partial charge in [0.2, 0.25) is 0 Å². The maximum Gasteiger partial charge on any atom is 0.0436 e. The molecule has 0 heterocycles. The lowest BCUT2D eigenvalue weighted by Gasteiger charge is -2.19. The molecule has 0 aliphatic rings. The van der Waals surface area contributed by atoms with Gasteiger partial charge in [0.25, 0.3) is 0 Å². The first-order chi connectivity index (χ1) is 9.17. The van der Waals surface area contributed by atoms with Crippen LogP contribution < -0.4 is 5.32 Å². The molecule has 0 aromatic heterocycles. The Kier molecular flexibility index (Phi) is 7.99. The van der Waals surface area contributed by atoms with Gasteiger partial charge in [0, 0.05) is 28.3 Å². The van der Waals surface area contributed by atoms with Gasteiger partial charge in [-0.3, -0.25) is 4.21 Å². The second kappa shape index (κ2) is 9.27. The molecule has 1 rings (SSSR count). The molecule has 0 aliphatic heterocycles. The van der Waals surface area contributed by atoms with Crippen molar-refractivity contribution >= 4 is 10.8 Å². The summed E-state index contributed by atoms with van der Waals surface area (Å²) in [6.07, 6.45) is 3.27. The van der Waals surface area contributed by atoms with Crippen LogP contribution in [0.3, 0.4) is 0 Å². The van der Waals surface area contributed by atoms with Gasteiger partial charge in [-0.2, -0.15) is 0 Å². The molecule has 0 saturated carbocycles. The fourth-order valence-corrected chi connectivity index (χ4v) is 3.42. The Morgan fingerprint density at radius 3 is 2.42 bits per heavy atom. The van der Waals surface area contributed by atoms with Crippen LogP contribution in [0.5, 0.6) is 0 Å². The minimum absolute atomic E-state index is 0.221. The van der Waals surface area contributed by atoms with E-state index in [1.54, 1.807) is 0 Å². The average Bonchev–Trinajstić information content (AvgIpc) is 2.42. The van der Waals surface area contributed by atoms with E-state index in [0.29, 0.717) is 0 Å². The Hall–Kier alpha value is -0.670. The van der Waals surface area contributed by atoms with Crippen LogP contribution in [-0.2, 0) is 10.8 Å². The highest BCUT2D eigenvalue weighted by molar-refractivity contribution is 7.85. The number of hydrogen-bond donors (Lipinski definition) is 1. The first kappa shape index (κ1) is 16.4. The van der Waals surface area contributed by atoms with E-state index in [4.69, 9.17) is 0 Å². The molecular weight excluding hydrogens is 254 g/mol. The summed E-state index contributed by atoms with van der Waals surface area (Å²) in [6.45, 7) is 7.37. The van der Waals surface area contributed by atoms with Gasteiger partial charge in [0.05, 0.1) is 0 Å². The fourth-order valence-electron chi connectivity index (χ4n) is 1.96. The maximum absolute atomic E-state index is 12.1. The zero-order valence-corrected chi connectivity index (χ0v) is 13.3. The first-order valence-electron chi connectivity index (χ1n) is 7.32. The van der Waals surface area contributed by atoms with Gasteiger partial charge in [-0.05, 0) is 31.9 Å². The molecule has 0 radical (unpaired) electrons. The fraction of sp³-hybridized carbons (Fsp3) is 0.625. The topological polar surface area (TPSA) is 29.1 Å². The van der Waals surface area contributed by atoms with E-state index in [1.165, 1.54) is 11.1 Å². The molecule has 1 aromatic rings. The van der Waals surface area contributed by atoms with E-state index in [1.807, 2.05) is 0 Å². The molecule has 0 amide bonds. The Morgan fingerprint density at radius 2 is 1.84 bits per heavy atom. The van der Waals surface area contributed by atoms with E-state index in [2.05, 4.69) is 50.4 Å². The van der Waals surface area contributed by atoms with Crippen LogP contribution in [-0.4, -0.2) is 22.3 Å². The Morgan fingerprint density at radius 1 is 1.16 bits per heavy atom. The lowest BCUT2D eigenvalue weighted by atomic mass is 10.1.